The van der Waals surface area contributed by atoms with Crippen molar-refractivity contribution in [3.05, 3.63) is 29.8 Å². The van der Waals surface area contributed by atoms with Gasteiger partial charge in [0, 0.05) is 37.3 Å². The molecule has 2 heterocycles. The van der Waals surface area contributed by atoms with Crippen molar-refractivity contribution < 1.29 is 8.42 Å². The van der Waals surface area contributed by atoms with Crippen molar-refractivity contribution in [2.24, 2.45) is 0 Å². The summed E-state index contributed by atoms with van der Waals surface area (Å²) in [7, 11) is -2.82. The van der Waals surface area contributed by atoms with Gasteiger partial charge in [0.25, 0.3) is 0 Å². The number of anilines is 1. The number of hydrogen-bond donors (Lipinski definition) is 1. The van der Waals surface area contributed by atoms with Gasteiger partial charge in [-0.1, -0.05) is 18.2 Å². The first-order chi connectivity index (χ1) is 9.55. The Morgan fingerprint density at radius 1 is 1.35 bits per heavy atom. The minimum atomic E-state index is -2.82. The predicted molar refractivity (Wildman–Crippen MR) is 82.0 cm³/mol. The molecule has 1 aromatic rings. The molecule has 0 bridgehead atoms. The Bertz CT molecular complexity index is 585. The summed E-state index contributed by atoms with van der Waals surface area (Å²) in [5.41, 5.74) is 2.61. The Balaban J connectivity index is 1.73. The lowest BCUT2D eigenvalue weighted by atomic mass is 9.90. The predicted octanol–water partition coefficient (Wildman–Crippen LogP) is 1.70. The highest BCUT2D eigenvalue weighted by molar-refractivity contribution is 7.91. The number of sulfone groups is 1. The average Bonchev–Trinajstić information content (AvgIpc) is 2.42. The summed E-state index contributed by atoms with van der Waals surface area (Å²) in [6.07, 6.45) is 1.12. The summed E-state index contributed by atoms with van der Waals surface area (Å²) < 4.78 is 23.3. The van der Waals surface area contributed by atoms with Crippen LogP contribution < -0.4 is 5.32 Å². The minimum absolute atomic E-state index is 0.135. The topological polar surface area (TPSA) is 49.4 Å². The smallest absolute Gasteiger partial charge is 0.153 e. The number of benzene rings is 1. The van der Waals surface area contributed by atoms with Crippen LogP contribution in [0.25, 0.3) is 0 Å². The van der Waals surface area contributed by atoms with Gasteiger partial charge >= 0.3 is 0 Å². The Kier molecular flexibility index (Phi) is 3.73. The summed E-state index contributed by atoms with van der Waals surface area (Å²) in [4.78, 5) is 2.34. The Labute approximate surface area is 121 Å². The van der Waals surface area contributed by atoms with Crippen molar-refractivity contribution in [2.75, 3.05) is 36.5 Å². The quantitative estimate of drug-likeness (QED) is 0.902. The van der Waals surface area contributed by atoms with Crippen molar-refractivity contribution in [3.63, 3.8) is 0 Å². The van der Waals surface area contributed by atoms with Crippen LogP contribution in [0.2, 0.25) is 0 Å². The maximum absolute atomic E-state index is 11.7. The van der Waals surface area contributed by atoms with E-state index in [0.29, 0.717) is 24.0 Å². The van der Waals surface area contributed by atoms with E-state index >= 15 is 0 Å². The average molecular weight is 294 g/mol. The molecule has 0 spiro atoms. The van der Waals surface area contributed by atoms with Crippen LogP contribution in [0.1, 0.15) is 24.8 Å². The molecule has 4 nitrogen and oxygen atoms in total. The van der Waals surface area contributed by atoms with Gasteiger partial charge in [0.05, 0.1) is 11.5 Å². The van der Waals surface area contributed by atoms with E-state index in [2.05, 4.69) is 34.5 Å². The fourth-order valence-electron chi connectivity index (χ4n) is 3.33. The van der Waals surface area contributed by atoms with E-state index in [4.69, 9.17) is 0 Å². The van der Waals surface area contributed by atoms with Crippen molar-refractivity contribution in [1.29, 1.82) is 0 Å². The minimum Gasteiger partial charge on any atom is -0.385 e. The summed E-state index contributed by atoms with van der Waals surface area (Å²) in [6.45, 7) is 4.68. The van der Waals surface area contributed by atoms with Crippen LogP contribution in [0, 0.1) is 0 Å². The molecule has 0 radical (unpaired) electrons. The fraction of sp³-hybridized carbons (Fsp3) is 0.600. The zero-order chi connectivity index (χ0) is 14.2. The van der Waals surface area contributed by atoms with Crippen molar-refractivity contribution in [3.8, 4) is 0 Å². The monoisotopic (exact) mass is 294 g/mol. The Morgan fingerprint density at radius 3 is 2.95 bits per heavy atom. The number of para-hydroxylation sites is 1. The summed E-state index contributed by atoms with van der Waals surface area (Å²) in [5, 5.41) is 3.44. The first-order valence-corrected chi connectivity index (χ1v) is 9.14. The van der Waals surface area contributed by atoms with E-state index < -0.39 is 9.84 Å². The second kappa shape index (κ2) is 5.37. The van der Waals surface area contributed by atoms with Gasteiger partial charge in [-0.3, -0.25) is 4.90 Å². The molecule has 1 fully saturated rings. The van der Waals surface area contributed by atoms with E-state index in [-0.39, 0.29) is 6.04 Å². The first-order valence-electron chi connectivity index (χ1n) is 7.32. The fourth-order valence-corrected chi connectivity index (χ4v) is 4.95. The molecule has 2 unspecified atom stereocenters. The zero-order valence-electron chi connectivity index (χ0n) is 11.9. The van der Waals surface area contributed by atoms with Crippen molar-refractivity contribution in [1.82, 2.24) is 4.90 Å². The second-order valence-electron chi connectivity index (χ2n) is 5.96. The maximum atomic E-state index is 11.7. The molecule has 5 heteroatoms. The molecule has 1 saturated heterocycles. The molecule has 20 heavy (non-hydrogen) atoms. The summed E-state index contributed by atoms with van der Waals surface area (Å²) >= 11 is 0. The number of hydrogen-bond acceptors (Lipinski definition) is 4. The molecule has 2 aliphatic rings. The molecular weight excluding hydrogens is 272 g/mol. The highest BCUT2D eigenvalue weighted by Gasteiger charge is 2.31. The van der Waals surface area contributed by atoms with Crippen LogP contribution in [-0.4, -0.2) is 50.5 Å². The van der Waals surface area contributed by atoms with Crippen LogP contribution in [0.15, 0.2) is 24.3 Å². The van der Waals surface area contributed by atoms with Crippen molar-refractivity contribution >= 4 is 15.5 Å². The third kappa shape index (κ3) is 2.83. The molecule has 110 valence electrons. The molecular formula is C15H22N2O2S. The van der Waals surface area contributed by atoms with Gasteiger partial charge in [0.15, 0.2) is 9.84 Å². The molecule has 3 rings (SSSR count). The molecule has 0 aromatic heterocycles. The number of nitrogens with one attached hydrogen (secondary N) is 1. The van der Waals surface area contributed by atoms with Crippen LogP contribution in [0.3, 0.4) is 0 Å². The lowest BCUT2D eigenvalue weighted by Crippen LogP contribution is -2.48. The van der Waals surface area contributed by atoms with Gasteiger partial charge in [-0.25, -0.2) is 8.42 Å². The summed E-state index contributed by atoms with van der Waals surface area (Å²) in [6, 6.07) is 8.60. The van der Waals surface area contributed by atoms with E-state index in [1.807, 2.05) is 6.92 Å². The molecule has 1 N–H and O–H groups in total. The van der Waals surface area contributed by atoms with Crippen molar-refractivity contribution in [2.45, 2.75) is 25.3 Å². The normalized spacial score (nSPS) is 29.4. The van der Waals surface area contributed by atoms with E-state index in [1.54, 1.807) is 0 Å². The number of nitrogens with zero attached hydrogens (tertiary/aromatic N) is 1. The molecule has 0 aliphatic carbocycles. The molecule has 1 aromatic carbocycles. The third-order valence-corrected chi connectivity index (χ3v) is 6.27. The van der Waals surface area contributed by atoms with Gasteiger partial charge in [-0.15, -0.1) is 0 Å². The molecule has 2 atom stereocenters. The van der Waals surface area contributed by atoms with Gasteiger partial charge in [0.2, 0.25) is 0 Å². The van der Waals surface area contributed by atoms with E-state index in [0.717, 1.165) is 19.5 Å². The maximum Gasteiger partial charge on any atom is 0.153 e. The second-order valence-corrected chi connectivity index (χ2v) is 8.19. The summed E-state index contributed by atoms with van der Waals surface area (Å²) in [5.74, 6) is 1.12. The highest BCUT2D eigenvalue weighted by atomic mass is 32.2. The Morgan fingerprint density at radius 2 is 2.15 bits per heavy atom. The largest absolute Gasteiger partial charge is 0.385 e. The van der Waals surface area contributed by atoms with Gasteiger partial charge < -0.3 is 5.32 Å². The van der Waals surface area contributed by atoms with E-state index in [9.17, 15) is 8.42 Å². The molecule has 0 amide bonds. The standard InChI is InChI=1S/C15H22N2O2S/c1-12-11-20(18,19)9-8-17(12)10-13-6-7-16-15-5-3-2-4-14(13)15/h2-5,12-13,16H,6-11H2,1H3. The Hall–Kier alpha value is -1.07. The van der Waals surface area contributed by atoms with Gasteiger partial charge in [0.1, 0.15) is 0 Å². The van der Waals surface area contributed by atoms with Crippen LogP contribution in [-0.2, 0) is 9.84 Å². The molecule has 0 saturated carbocycles. The van der Waals surface area contributed by atoms with Gasteiger partial charge in [-0.2, -0.15) is 0 Å². The number of fused-ring (bicyclic) bond motifs is 1. The number of rotatable bonds is 2. The van der Waals surface area contributed by atoms with Gasteiger partial charge in [-0.05, 0) is 25.0 Å². The lowest BCUT2D eigenvalue weighted by molar-refractivity contribution is 0.209. The van der Waals surface area contributed by atoms with Crippen LogP contribution in [0.5, 0.6) is 0 Å². The third-order valence-electron chi connectivity index (χ3n) is 4.47. The highest BCUT2D eigenvalue weighted by Crippen LogP contribution is 2.32. The van der Waals surface area contributed by atoms with Crippen LogP contribution >= 0.6 is 0 Å². The zero-order valence-corrected chi connectivity index (χ0v) is 12.7. The first kappa shape index (κ1) is 13.9. The van der Waals surface area contributed by atoms with Crippen LogP contribution in [0.4, 0.5) is 5.69 Å². The lowest BCUT2D eigenvalue weighted by Gasteiger charge is -2.37. The van der Waals surface area contributed by atoms with E-state index in [1.165, 1.54) is 11.3 Å². The SMILES string of the molecule is CC1CS(=O)(=O)CCN1CC1CCNc2ccccc21. The molecule has 2 aliphatic heterocycles.